The van der Waals surface area contributed by atoms with Crippen molar-refractivity contribution in [1.82, 2.24) is 20.0 Å². The summed E-state index contributed by atoms with van der Waals surface area (Å²) in [7, 11) is 0. The van der Waals surface area contributed by atoms with E-state index in [0.717, 1.165) is 25.9 Å². The zero-order valence-electron chi connectivity index (χ0n) is 15.1. The van der Waals surface area contributed by atoms with Crippen molar-refractivity contribution in [3.05, 3.63) is 41.1 Å². The van der Waals surface area contributed by atoms with Gasteiger partial charge in [-0.1, -0.05) is 24.6 Å². The minimum atomic E-state index is -0.104. The summed E-state index contributed by atoms with van der Waals surface area (Å²) in [4.78, 5) is 16.6. The molecule has 0 aliphatic carbocycles. The molecule has 8 heteroatoms. The van der Waals surface area contributed by atoms with Crippen LogP contribution in [0.3, 0.4) is 0 Å². The van der Waals surface area contributed by atoms with E-state index >= 15 is 0 Å². The molecule has 0 bridgehead atoms. The average molecular weight is 378 g/mol. The summed E-state index contributed by atoms with van der Waals surface area (Å²) in [5.41, 5.74) is 0.704. The molecule has 0 spiro atoms. The van der Waals surface area contributed by atoms with Crippen LogP contribution in [0.2, 0.25) is 5.02 Å². The highest BCUT2D eigenvalue weighted by Crippen LogP contribution is 2.21. The van der Waals surface area contributed by atoms with Gasteiger partial charge in [-0.2, -0.15) is 0 Å². The third kappa shape index (κ3) is 4.53. The predicted molar refractivity (Wildman–Crippen MR) is 100 cm³/mol. The molecule has 3 rings (SSSR count). The quantitative estimate of drug-likeness (QED) is 0.881. The van der Waals surface area contributed by atoms with Crippen molar-refractivity contribution in [1.29, 1.82) is 0 Å². The van der Waals surface area contributed by atoms with Crippen molar-refractivity contribution < 1.29 is 9.21 Å². The fourth-order valence-corrected chi connectivity index (χ4v) is 3.22. The van der Waals surface area contributed by atoms with Crippen LogP contribution in [0.15, 0.2) is 28.7 Å². The summed E-state index contributed by atoms with van der Waals surface area (Å²) in [6, 6.07) is 7.11. The third-order valence-electron chi connectivity index (χ3n) is 4.58. The van der Waals surface area contributed by atoms with E-state index < -0.39 is 0 Å². The smallest absolute Gasteiger partial charge is 0.321 e. The first-order valence-electron chi connectivity index (χ1n) is 8.94. The van der Waals surface area contributed by atoms with Gasteiger partial charge in [0.1, 0.15) is 0 Å². The molecule has 1 aromatic carbocycles. The number of halogens is 1. The number of rotatable bonds is 4. The number of anilines is 1. The van der Waals surface area contributed by atoms with Gasteiger partial charge in [0, 0.05) is 43.3 Å². The van der Waals surface area contributed by atoms with Gasteiger partial charge in [-0.05, 0) is 31.5 Å². The van der Waals surface area contributed by atoms with Crippen LogP contribution in [0.25, 0.3) is 0 Å². The van der Waals surface area contributed by atoms with Crippen molar-refractivity contribution in [3.63, 3.8) is 0 Å². The Morgan fingerprint density at radius 3 is 2.88 bits per heavy atom. The molecule has 1 atom stereocenters. The van der Waals surface area contributed by atoms with Crippen LogP contribution in [0.1, 0.15) is 38.1 Å². The lowest BCUT2D eigenvalue weighted by molar-refractivity contribution is 0.183. The van der Waals surface area contributed by atoms with Gasteiger partial charge in [-0.3, -0.25) is 4.90 Å². The van der Waals surface area contributed by atoms with Crippen molar-refractivity contribution in [2.75, 3.05) is 31.5 Å². The highest BCUT2D eigenvalue weighted by molar-refractivity contribution is 6.30. The lowest BCUT2D eigenvalue weighted by Crippen LogP contribution is -2.38. The maximum Gasteiger partial charge on any atom is 0.321 e. The molecule has 1 aromatic heterocycles. The van der Waals surface area contributed by atoms with Crippen molar-refractivity contribution in [2.45, 2.75) is 32.7 Å². The zero-order chi connectivity index (χ0) is 18.5. The van der Waals surface area contributed by atoms with Gasteiger partial charge in [0.2, 0.25) is 11.8 Å². The average Bonchev–Trinajstić information content (AvgIpc) is 2.97. The third-order valence-corrected chi connectivity index (χ3v) is 4.82. The first-order valence-corrected chi connectivity index (χ1v) is 9.32. The van der Waals surface area contributed by atoms with E-state index in [1.807, 2.05) is 24.0 Å². The molecular formula is C18H24ClN5O2. The maximum absolute atomic E-state index is 12.5. The Labute approximate surface area is 158 Å². The summed E-state index contributed by atoms with van der Waals surface area (Å²) in [6.45, 7) is 7.05. The molecule has 2 aromatic rings. The summed E-state index contributed by atoms with van der Waals surface area (Å²) in [5, 5.41) is 11.7. The van der Waals surface area contributed by atoms with Crippen LogP contribution in [-0.2, 0) is 6.42 Å². The molecule has 1 unspecified atom stereocenters. The van der Waals surface area contributed by atoms with Crippen LogP contribution in [0.5, 0.6) is 0 Å². The second-order valence-corrected chi connectivity index (χ2v) is 6.82. The zero-order valence-corrected chi connectivity index (χ0v) is 15.9. The largest absolute Gasteiger partial charge is 0.424 e. The van der Waals surface area contributed by atoms with Crippen LogP contribution in [0, 0.1) is 0 Å². The molecule has 2 amide bonds. The molecule has 7 nitrogen and oxygen atoms in total. The predicted octanol–water partition coefficient (Wildman–Crippen LogP) is 3.59. The summed E-state index contributed by atoms with van der Waals surface area (Å²) < 4.78 is 5.68. The van der Waals surface area contributed by atoms with Crippen molar-refractivity contribution in [3.8, 4) is 0 Å². The first-order chi connectivity index (χ1) is 12.6. The molecule has 1 saturated heterocycles. The highest BCUT2D eigenvalue weighted by Gasteiger charge is 2.25. The van der Waals surface area contributed by atoms with Crippen LogP contribution in [-0.4, -0.2) is 52.2 Å². The summed E-state index contributed by atoms with van der Waals surface area (Å²) >= 11 is 5.97. The number of benzene rings is 1. The van der Waals surface area contributed by atoms with Gasteiger partial charge >= 0.3 is 6.03 Å². The monoisotopic (exact) mass is 377 g/mol. The number of nitrogens with one attached hydrogen (secondary N) is 1. The summed E-state index contributed by atoms with van der Waals surface area (Å²) in [6.07, 6.45) is 1.62. The molecule has 26 heavy (non-hydrogen) atoms. The second-order valence-electron chi connectivity index (χ2n) is 6.38. The van der Waals surface area contributed by atoms with Crippen LogP contribution >= 0.6 is 11.6 Å². The van der Waals surface area contributed by atoms with Gasteiger partial charge in [0.15, 0.2) is 0 Å². The van der Waals surface area contributed by atoms with Crippen molar-refractivity contribution >= 4 is 23.3 Å². The number of carbonyl (C=O) groups excluding carboxylic acids is 1. The van der Waals surface area contributed by atoms with E-state index in [9.17, 15) is 4.79 Å². The Hall–Kier alpha value is -2.12. The van der Waals surface area contributed by atoms with Crippen LogP contribution in [0.4, 0.5) is 10.5 Å². The summed E-state index contributed by atoms with van der Waals surface area (Å²) in [5.74, 6) is 1.29. The fraction of sp³-hybridized carbons (Fsp3) is 0.500. The lowest BCUT2D eigenvalue weighted by Gasteiger charge is -2.25. The number of hydrogen-bond donors (Lipinski definition) is 1. The number of nitrogens with zero attached hydrogens (tertiary/aromatic N) is 4. The number of aromatic nitrogens is 2. The molecule has 1 N–H and O–H groups in total. The Kier molecular flexibility index (Phi) is 6.11. The minimum Gasteiger partial charge on any atom is -0.424 e. The molecule has 1 aliphatic heterocycles. The molecule has 140 valence electrons. The SMILES string of the molecule is CCc1nnc(C(C)N2CCCN(C(=O)Nc3cccc(Cl)c3)CC2)o1. The molecule has 0 saturated carbocycles. The van der Waals surface area contributed by atoms with E-state index in [-0.39, 0.29) is 12.1 Å². The van der Waals surface area contributed by atoms with E-state index in [1.54, 1.807) is 12.1 Å². The lowest BCUT2D eigenvalue weighted by atomic mass is 10.2. The van der Waals surface area contributed by atoms with E-state index in [0.29, 0.717) is 35.6 Å². The topological polar surface area (TPSA) is 74.5 Å². The normalized spacial score (nSPS) is 17.0. The van der Waals surface area contributed by atoms with Gasteiger partial charge in [0.25, 0.3) is 0 Å². The number of amides is 2. The number of hydrogen-bond acceptors (Lipinski definition) is 5. The Bertz CT molecular complexity index is 751. The fourth-order valence-electron chi connectivity index (χ4n) is 3.03. The minimum absolute atomic E-state index is 0.0405. The number of carbonyl (C=O) groups is 1. The molecular weight excluding hydrogens is 354 g/mol. The van der Waals surface area contributed by atoms with Gasteiger partial charge in [-0.15, -0.1) is 10.2 Å². The second kappa shape index (κ2) is 8.51. The number of aryl methyl sites for hydroxylation is 1. The molecule has 0 radical (unpaired) electrons. The molecule has 1 aliphatic rings. The maximum atomic E-state index is 12.5. The Morgan fingerprint density at radius 2 is 2.15 bits per heavy atom. The Morgan fingerprint density at radius 1 is 1.31 bits per heavy atom. The van der Waals surface area contributed by atoms with Crippen molar-refractivity contribution in [2.24, 2.45) is 0 Å². The first kappa shape index (κ1) is 18.7. The van der Waals surface area contributed by atoms with Gasteiger partial charge < -0.3 is 14.6 Å². The molecule has 2 heterocycles. The number of urea groups is 1. The van der Waals surface area contributed by atoms with Gasteiger partial charge in [0.05, 0.1) is 6.04 Å². The standard InChI is InChI=1S/C18H24ClN5O2/c1-3-16-21-22-17(26-16)13(2)23-8-5-9-24(11-10-23)18(25)20-15-7-4-6-14(19)12-15/h4,6-7,12-13H,3,5,8-11H2,1-2H3,(H,20,25). The Balaban J connectivity index is 1.58. The molecule has 1 fully saturated rings. The van der Waals surface area contributed by atoms with Crippen LogP contribution < -0.4 is 5.32 Å². The van der Waals surface area contributed by atoms with Gasteiger partial charge in [-0.25, -0.2) is 4.79 Å². The van der Waals surface area contributed by atoms with E-state index in [2.05, 4.69) is 27.3 Å². The van der Waals surface area contributed by atoms with E-state index in [4.69, 9.17) is 16.0 Å². The highest BCUT2D eigenvalue weighted by atomic mass is 35.5. The van der Waals surface area contributed by atoms with E-state index in [1.165, 1.54) is 0 Å².